The van der Waals surface area contributed by atoms with E-state index < -0.39 is 11.7 Å². The molecule has 0 saturated heterocycles. The highest BCUT2D eigenvalue weighted by atomic mass is 19.4. The molecule has 0 aliphatic heterocycles. The van der Waals surface area contributed by atoms with Gasteiger partial charge in [-0.2, -0.15) is 13.2 Å². The number of hydrogen-bond acceptors (Lipinski definition) is 2. The predicted molar refractivity (Wildman–Crippen MR) is 62.0 cm³/mol. The molecular formula is C13H16F3NO. The lowest BCUT2D eigenvalue weighted by Crippen LogP contribution is -2.26. The second-order valence-corrected chi connectivity index (χ2v) is 4.71. The Kier molecular flexibility index (Phi) is 3.92. The van der Waals surface area contributed by atoms with Crippen molar-refractivity contribution in [1.82, 2.24) is 5.32 Å². The summed E-state index contributed by atoms with van der Waals surface area (Å²) in [6.07, 6.45) is -1.93. The molecule has 1 aromatic rings. The summed E-state index contributed by atoms with van der Waals surface area (Å²) in [7, 11) is 0. The van der Waals surface area contributed by atoms with Crippen LogP contribution >= 0.6 is 0 Å². The van der Waals surface area contributed by atoms with Crippen LogP contribution in [0.3, 0.4) is 0 Å². The smallest absolute Gasteiger partial charge is 0.394 e. The van der Waals surface area contributed by atoms with Gasteiger partial charge in [-0.3, -0.25) is 0 Å². The molecule has 1 atom stereocenters. The molecule has 0 spiro atoms. The van der Waals surface area contributed by atoms with E-state index >= 15 is 0 Å². The summed E-state index contributed by atoms with van der Waals surface area (Å²) in [5.41, 5.74) is 0.0243. The Bertz CT molecular complexity index is 384. The van der Waals surface area contributed by atoms with E-state index in [1.165, 1.54) is 25.0 Å². The molecule has 1 saturated carbocycles. The minimum atomic E-state index is -4.31. The third-order valence-corrected chi connectivity index (χ3v) is 3.17. The normalized spacial score (nSPS) is 17.8. The molecule has 18 heavy (non-hydrogen) atoms. The average molecular weight is 259 g/mol. The van der Waals surface area contributed by atoms with Gasteiger partial charge in [0.2, 0.25) is 0 Å². The highest BCUT2D eigenvalue weighted by Gasteiger charge is 2.30. The summed E-state index contributed by atoms with van der Waals surface area (Å²) >= 11 is 0. The maximum absolute atomic E-state index is 12.4. The van der Waals surface area contributed by atoms with Crippen LogP contribution in [-0.2, 0) is 6.18 Å². The quantitative estimate of drug-likeness (QED) is 0.852. The van der Waals surface area contributed by atoms with E-state index in [1.807, 2.05) is 0 Å². The molecule has 100 valence electrons. The molecule has 1 unspecified atom stereocenters. The Hall–Kier alpha value is -1.07. The topological polar surface area (TPSA) is 32.3 Å². The lowest BCUT2D eigenvalue weighted by molar-refractivity contribution is -0.137. The van der Waals surface area contributed by atoms with Crippen molar-refractivity contribution < 1.29 is 18.3 Å². The minimum absolute atomic E-state index is 0.113. The number of aliphatic hydroxyl groups excluding tert-OH is 1. The molecule has 1 aliphatic carbocycles. The van der Waals surface area contributed by atoms with Crippen LogP contribution in [0.5, 0.6) is 0 Å². The van der Waals surface area contributed by atoms with Crippen LogP contribution in [0.25, 0.3) is 0 Å². The number of benzene rings is 1. The van der Waals surface area contributed by atoms with Crippen molar-refractivity contribution in [2.75, 3.05) is 13.2 Å². The van der Waals surface area contributed by atoms with Crippen molar-refractivity contribution in [3.8, 4) is 0 Å². The predicted octanol–water partition coefficient (Wildman–Crippen LogP) is 2.74. The third-order valence-electron chi connectivity index (χ3n) is 3.17. The van der Waals surface area contributed by atoms with Crippen LogP contribution in [0.15, 0.2) is 24.3 Å². The standard InChI is InChI=1S/C13H16F3NO/c14-13(15,16)11-5-3-10(4-6-11)12(8-18)17-7-9-1-2-9/h3-6,9,12,17-18H,1-2,7-8H2. The van der Waals surface area contributed by atoms with E-state index in [1.54, 1.807) is 0 Å². The summed E-state index contributed by atoms with van der Waals surface area (Å²) in [6, 6.07) is 4.66. The SMILES string of the molecule is OCC(NCC1CC1)c1ccc(C(F)(F)F)cc1. The first-order chi connectivity index (χ1) is 8.50. The second kappa shape index (κ2) is 5.28. The number of halogens is 3. The van der Waals surface area contributed by atoms with Gasteiger partial charge in [-0.1, -0.05) is 12.1 Å². The van der Waals surface area contributed by atoms with E-state index in [-0.39, 0.29) is 12.6 Å². The molecule has 1 fully saturated rings. The highest BCUT2D eigenvalue weighted by Crippen LogP contribution is 2.31. The number of hydrogen-bond donors (Lipinski definition) is 2. The largest absolute Gasteiger partial charge is 0.416 e. The fraction of sp³-hybridized carbons (Fsp3) is 0.538. The second-order valence-electron chi connectivity index (χ2n) is 4.71. The molecule has 0 heterocycles. The molecule has 2 rings (SSSR count). The Labute approximate surface area is 104 Å². The van der Waals surface area contributed by atoms with Gasteiger partial charge >= 0.3 is 6.18 Å². The van der Waals surface area contributed by atoms with Crippen molar-refractivity contribution in [1.29, 1.82) is 0 Å². The van der Waals surface area contributed by atoms with Crippen LogP contribution < -0.4 is 5.32 Å². The van der Waals surface area contributed by atoms with Crippen molar-refractivity contribution in [3.05, 3.63) is 35.4 Å². The molecule has 1 aromatic carbocycles. The van der Waals surface area contributed by atoms with E-state index in [4.69, 9.17) is 0 Å². The molecule has 1 aliphatic rings. The lowest BCUT2D eigenvalue weighted by Gasteiger charge is -2.17. The van der Waals surface area contributed by atoms with Gasteiger partial charge in [0.05, 0.1) is 18.2 Å². The lowest BCUT2D eigenvalue weighted by atomic mass is 10.0. The van der Waals surface area contributed by atoms with Crippen LogP contribution in [0, 0.1) is 5.92 Å². The van der Waals surface area contributed by atoms with Crippen molar-refractivity contribution >= 4 is 0 Å². The zero-order valence-electron chi connectivity index (χ0n) is 9.87. The van der Waals surface area contributed by atoms with Crippen molar-refractivity contribution in [2.45, 2.75) is 25.1 Å². The summed E-state index contributed by atoms with van der Waals surface area (Å²) in [5, 5.41) is 12.4. The van der Waals surface area contributed by atoms with Gasteiger partial charge < -0.3 is 10.4 Å². The molecule has 2 nitrogen and oxygen atoms in total. The fourth-order valence-corrected chi connectivity index (χ4v) is 1.82. The summed E-state index contributed by atoms with van der Waals surface area (Å²) in [4.78, 5) is 0. The number of alkyl halides is 3. The third kappa shape index (κ3) is 3.46. The summed E-state index contributed by atoms with van der Waals surface area (Å²) in [6.45, 7) is 0.699. The van der Waals surface area contributed by atoms with Gasteiger partial charge in [0, 0.05) is 0 Å². The average Bonchev–Trinajstić information content (AvgIpc) is 3.13. The van der Waals surface area contributed by atoms with Gasteiger partial charge in [0.1, 0.15) is 0 Å². The fourth-order valence-electron chi connectivity index (χ4n) is 1.82. The van der Waals surface area contributed by atoms with E-state index in [0.29, 0.717) is 11.5 Å². The zero-order chi connectivity index (χ0) is 13.2. The molecular weight excluding hydrogens is 243 g/mol. The van der Waals surface area contributed by atoms with Gasteiger partial charge in [-0.25, -0.2) is 0 Å². The van der Waals surface area contributed by atoms with Crippen LogP contribution in [0.1, 0.15) is 30.0 Å². The van der Waals surface area contributed by atoms with Crippen LogP contribution in [0.4, 0.5) is 13.2 Å². The van der Waals surface area contributed by atoms with Crippen molar-refractivity contribution in [3.63, 3.8) is 0 Å². The van der Waals surface area contributed by atoms with Crippen molar-refractivity contribution in [2.24, 2.45) is 5.92 Å². The van der Waals surface area contributed by atoms with Gasteiger partial charge in [0.15, 0.2) is 0 Å². The molecule has 2 N–H and O–H groups in total. The zero-order valence-corrected chi connectivity index (χ0v) is 9.87. The molecule has 0 bridgehead atoms. The maximum atomic E-state index is 12.4. The monoisotopic (exact) mass is 259 g/mol. The van der Waals surface area contributed by atoms with Gasteiger partial charge in [-0.15, -0.1) is 0 Å². The number of nitrogens with one attached hydrogen (secondary N) is 1. The first-order valence-corrected chi connectivity index (χ1v) is 6.02. The first kappa shape index (κ1) is 13.4. The number of rotatable bonds is 5. The van der Waals surface area contributed by atoms with Gasteiger partial charge in [0.25, 0.3) is 0 Å². The first-order valence-electron chi connectivity index (χ1n) is 6.02. The minimum Gasteiger partial charge on any atom is -0.394 e. The Morgan fingerprint density at radius 2 is 1.83 bits per heavy atom. The highest BCUT2D eigenvalue weighted by molar-refractivity contribution is 5.26. The summed E-state index contributed by atoms with van der Waals surface area (Å²) in [5.74, 6) is 0.661. The van der Waals surface area contributed by atoms with Crippen LogP contribution in [-0.4, -0.2) is 18.3 Å². The number of aliphatic hydroxyl groups is 1. The summed E-state index contributed by atoms with van der Waals surface area (Å²) < 4.78 is 37.2. The Balaban J connectivity index is 2.01. The Morgan fingerprint density at radius 1 is 1.22 bits per heavy atom. The molecule has 0 aromatic heterocycles. The molecule has 5 heteroatoms. The molecule has 0 amide bonds. The van der Waals surface area contributed by atoms with E-state index in [9.17, 15) is 18.3 Å². The van der Waals surface area contributed by atoms with E-state index in [0.717, 1.165) is 18.7 Å². The van der Waals surface area contributed by atoms with Crippen LogP contribution in [0.2, 0.25) is 0 Å². The van der Waals surface area contributed by atoms with Gasteiger partial charge in [-0.05, 0) is 43.0 Å². The Morgan fingerprint density at radius 3 is 2.28 bits per heavy atom. The van der Waals surface area contributed by atoms with E-state index in [2.05, 4.69) is 5.32 Å². The molecule has 0 radical (unpaired) electrons. The maximum Gasteiger partial charge on any atom is 0.416 e.